The zero-order valence-electron chi connectivity index (χ0n) is 19.8. The van der Waals surface area contributed by atoms with Crippen LogP contribution in [0.3, 0.4) is 0 Å². The average molecular weight is 440 g/mol. The maximum atomic E-state index is 12.6. The molecule has 1 aromatic heterocycles. The molecule has 1 amide bonds. The maximum absolute atomic E-state index is 12.6. The minimum Gasteiger partial charge on any atom is -0.493 e. The van der Waals surface area contributed by atoms with Gasteiger partial charge in [-0.15, -0.1) is 0 Å². The molecule has 6 heteroatoms. The molecule has 0 radical (unpaired) electrons. The number of pyridine rings is 1. The highest BCUT2D eigenvalue weighted by atomic mass is 16.5. The Bertz CT molecular complexity index is 857. The van der Waals surface area contributed by atoms with Crippen LogP contribution in [0, 0.1) is 11.8 Å². The lowest BCUT2D eigenvalue weighted by Gasteiger charge is -2.37. The number of likely N-dealkylation sites (tertiary alicyclic amines) is 1. The predicted molar refractivity (Wildman–Crippen MR) is 127 cm³/mol. The molecule has 6 nitrogen and oxygen atoms in total. The van der Waals surface area contributed by atoms with Gasteiger partial charge in [-0.2, -0.15) is 0 Å². The van der Waals surface area contributed by atoms with Crippen molar-refractivity contribution in [3.05, 3.63) is 53.9 Å². The molecule has 3 rings (SSSR count). The van der Waals surface area contributed by atoms with Crippen molar-refractivity contribution in [1.82, 2.24) is 15.2 Å². The number of piperidine rings is 1. The highest BCUT2D eigenvalue weighted by Crippen LogP contribution is 2.32. The van der Waals surface area contributed by atoms with Crippen LogP contribution in [0.25, 0.3) is 0 Å². The topological polar surface area (TPSA) is 63.7 Å². The Morgan fingerprint density at radius 3 is 2.78 bits per heavy atom. The number of carbonyl (C=O) groups excluding carboxylic acids is 1. The van der Waals surface area contributed by atoms with Gasteiger partial charge in [0.05, 0.1) is 25.5 Å². The van der Waals surface area contributed by atoms with Crippen LogP contribution in [0.2, 0.25) is 0 Å². The number of methoxy groups -OCH3 is 1. The molecule has 1 N–H and O–H groups in total. The normalized spacial score (nSPS) is 17.7. The molecule has 1 fully saturated rings. The third-order valence-electron chi connectivity index (χ3n) is 5.86. The summed E-state index contributed by atoms with van der Waals surface area (Å²) in [6.07, 6.45) is 4.52. The van der Waals surface area contributed by atoms with Crippen LogP contribution in [0.15, 0.2) is 42.6 Å². The fourth-order valence-corrected chi connectivity index (χ4v) is 4.45. The zero-order valence-corrected chi connectivity index (χ0v) is 19.8. The first kappa shape index (κ1) is 24.1. The van der Waals surface area contributed by atoms with E-state index in [0.717, 1.165) is 49.7 Å². The Hall–Kier alpha value is -2.60. The van der Waals surface area contributed by atoms with E-state index in [4.69, 9.17) is 9.47 Å². The van der Waals surface area contributed by atoms with Crippen molar-refractivity contribution in [1.29, 1.82) is 0 Å². The zero-order chi connectivity index (χ0) is 22.9. The fourth-order valence-electron chi connectivity index (χ4n) is 4.45. The van der Waals surface area contributed by atoms with Crippen molar-refractivity contribution >= 4 is 5.91 Å². The summed E-state index contributed by atoms with van der Waals surface area (Å²) in [6.45, 7) is 9.53. The first-order valence-corrected chi connectivity index (χ1v) is 11.7. The van der Waals surface area contributed by atoms with E-state index in [9.17, 15) is 4.79 Å². The Morgan fingerprint density at radius 1 is 1.25 bits per heavy atom. The van der Waals surface area contributed by atoms with Crippen LogP contribution < -0.4 is 14.8 Å². The molecule has 1 aliphatic heterocycles. The molecule has 1 aliphatic rings. The van der Waals surface area contributed by atoms with Gasteiger partial charge in [0.1, 0.15) is 0 Å². The van der Waals surface area contributed by atoms with Crippen molar-refractivity contribution in [2.24, 2.45) is 11.8 Å². The molecule has 1 aromatic carbocycles. The first-order chi connectivity index (χ1) is 15.5. The summed E-state index contributed by atoms with van der Waals surface area (Å²) < 4.78 is 11.2. The molecule has 2 atom stereocenters. The standard InChI is InChI=1S/C26H37N3O3/c1-5-32-23-12-11-20(16-24(23)31-4)17-29-14-8-9-21(18-29)26(22-10-6-7-13-27-22)28-25(30)15-19(2)3/h6-7,10-13,16,19,21,26H,5,8-9,14-15,17-18H2,1-4H3,(H,28,30)/t21-,26+/m1/s1. The SMILES string of the molecule is CCOc1ccc(CN2CCC[C@@H]([C@H](NC(=O)CC(C)C)c3ccccn3)C2)cc1OC. The van der Waals surface area contributed by atoms with Gasteiger partial charge in [-0.25, -0.2) is 0 Å². The summed E-state index contributed by atoms with van der Waals surface area (Å²) in [7, 11) is 1.68. The molecule has 174 valence electrons. The predicted octanol–water partition coefficient (Wildman–Crippen LogP) is 4.60. The van der Waals surface area contributed by atoms with Crippen LogP contribution in [-0.4, -0.2) is 42.6 Å². The summed E-state index contributed by atoms with van der Waals surface area (Å²) in [5.74, 6) is 2.30. The molecular formula is C26H37N3O3. The van der Waals surface area contributed by atoms with Crippen LogP contribution in [0.4, 0.5) is 0 Å². The van der Waals surface area contributed by atoms with Crippen LogP contribution in [0.5, 0.6) is 11.5 Å². The van der Waals surface area contributed by atoms with Gasteiger partial charge in [0.15, 0.2) is 11.5 Å². The van der Waals surface area contributed by atoms with E-state index >= 15 is 0 Å². The number of hydrogen-bond acceptors (Lipinski definition) is 5. The van der Waals surface area contributed by atoms with E-state index < -0.39 is 0 Å². The number of benzene rings is 1. The Morgan fingerprint density at radius 2 is 2.09 bits per heavy atom. The molecule has 32 heavy (non-hydrogen) atoms. The van der Waals surface area contributed by atoms with Crippen LogP contribution in [0.1, 0.15) is 57.3 Å². The fraction of sp³-hybridized carbons (Fsp3) is 0.538. The van der Waals surface area contributed by atoms with Gasteiger partial charge in [0, 0.05) is 25.7 Å². The summed E-state index contributed by atoms with van der Waals surface area (Å²) in [5.41, 5.74) is 2.14. The number of aromatic nitrogens is 1. The van der Waals surface area contributed by atoms with Crippen LogP contribution in [-0.2, 0) is 11.3 Å². The van der Waals surface area contributed by atoms with Gasteiger partial charge in [0.25, 0.3) is 0 Å². The largest absolute Gasteiger partial charge is 0.493 e. The lowest BCUT2D eigenvalue weighted by atomic mass is 9.88. The van der Waals surface area contributed by atoms with Gasteiger partial charge < -0.3 is 14.8 Å². The maximum Gasteiger partial charge on any atom is 0.220 e. The minimum absolute atomic E-state index is 0.0693. The number of amides is 1. The Labute approximate surface area is 192 Å². The molecule has 0 saturated carbocycles. The van der Waals surface area contributed by atoms with Gasteiger partial charge in [-0.05, 0) is 68.0 Å². The number of carbonyl (C=O) groups is 1. The Balaban J connectivity index is 1.72. The van der Waals surface area contributed by atoms with Crippen molar-refractivity contribution in [3.8, 4) is 11.5 Å². The second-order valence-corrected chi connectivity index (χ2v) is 8.95. The van der Waals surface area contributed by atoms with Crippen LogP contribution >= 0.6 is 0 Å². The highest BCUT2D eigenvalue weighted by Gasteiger charge is 2.30. The smallest absolute Gasteiger partial charge is 0.220 e. The second-order valence-electron chi connectivity index (χ2n) is 8.95. The van der Waals surface area contributed by atoms with Crippen molar-refractivity contribution in [2.45, 2.75) is 52.6 Å². The van der Waals surface area contributed by atoms with E-state index in [2.05, 4.69) is 41.2 Å². The van der Waals surface area contributed by atoms with E-state index in [0.29, 0.717) is 24.9 Å². The molecule has 0 aliphatic carbocycles. The lowest BCUT2D eigenvalue weighted by molar-refractivity contribution is -0.123. The summed E-state index contributed by atoms with van der Waals surface area (Å²) in [4.78, 5) is 19.7. The van der Waals surface area contributed by atoms with Gasteiger partial charge >= 0.3 is 0 Å². The van der Waals surface area contributed by atoms with E-state index in [1.165, 1.54) is 5.56 Å². The molecular weight excluding hydrogens is 402 g/mol. The number of rotatable bonds is 10. The van der Waals surface area contributed by atoms with E-state index in [1.807, 2.05) is 37.4 Å². The summed E-state index contributed by atoms with van der Waals surface area (Å²) >= 11 is 0. The molecule has 1 saturated heterocycles. The number of nitrogens with zero attached hydrogens (tertiary/aromatic N) is 2. The monoisotopic (exact) mass is 439 g/mol. The van der Waals surface area contributed by atoms with Gasteiger partial charge in [-0.3, -0.25) is 14.7 Å². The quantitative estimate of drug-likeness (QED) is 0.586. The molecule has 2 aromatic rings. The molecule has 2 heterocycles. The third kappa shape index (κ3) is 6.70. The van der Waals surface area contributed by atoms with Gasteiger partial charge in [0.2, 0.25) is 5.91 Å². The van der Waals surface area contributed by atoms with Crippen molar-refractivity contribution in [2.75, 3.05) is 26.8 Å². The van der Waals surface area contributed by atoms with Gasteiger partial charge in [-0.1, -0.05) is 26.0 Å². The average Bonchev–Trinajstić information content (AvgIpc) is 2.79. The molecule has 0 spiro atoms. The minimum atomic E-state index is -0.0693. The number of hydrogen-bond donors (Lipinski definition) is 1. The second kappa shape index (κ2) is 11.9. The lowest BCUT2D eigenvalue weighted by Crippen LogP contribution is -2.43. The molecule has 0 unspecified atom stereocenters. The summed E-state index contributed by atoms with van der Waals surface area (Å²) in [6, 6.07) is 12.0. The van der Waals surface area contributed by atoms with E-state index in [-0.39, 0.29) is 11.9 Å². The van der Waals surface area contributed by atoms with Crippen molar-refractivity contribution < 1.29 is 14.3 Å². The van der Waals surface area contributed by atoms with E-state index in [1.54, 1.807) is 7.11 Å². The Kier molecular flexibility index (Phi) is 8.91. The number of nitrogens with one attached hydrogen (secondary N) is 1. The molecule has 0 bridgehead atoms. The number of ether oxygens (including phenoxy) is 2. The summed E-state index contributed by atoms with van der Waals surface area (Å²) in [5, 5.41) is 3.29. The first-order valence-electron chi connectivity index (χ1n) is 11.7. The van der Waals surface area contributed by atoms with Crippen molar-refractivity contribution in [3.63, 3.8) is 0 Å². The highest BCUT2D eigenvalue weighted by molar-refractivity contribution is 5.76. The third-order valence-corrected chi connectivity index (χ3v) is 5.86.